The van der Waals surface area contributed by atoms with Crippen molar-refractivity contribution < 1.29 is 24.5 Å². The van der Waals surface area contributed by atoms with Gasteiger partial charge in [0.1, 0.15) is 11.5 Å². The standard InChI is InChI=1S/C14H19ClO5/c1-14(2,3)12(13(17)18)20-11-6-10(19-4)8(7-16)5-9(11)15/h5-6,12,16H,7H2,1-4H3,(H,17,18). The van der Waals surface area contributed by atoms with Gasteiger partial charge in [0, 0.05) is 17.0 Å². The summed E-state index contributed by atoms with van der Waals surface area (Å²) in [5, 5.41) is 18.7. The van der Waals surface area contributed by atoms with Crippen molar-refractivity contribution in [3.8, 4) is 11.5 Å². The summed E-state index contributed by atoms with van der Waals surface area (Å²) in [5.41, 5.74) is -0.0922. The van der Waals surface area contributed by atoms with Gasteiger partial charge in [0.15, 0.2) is 6.10 Å². The highest BCUT2D eigenvalue weighted by atomic mass is 35.5. The van der Waals surface area contributed by atoms with Crippen molar-refractivity contribution in [3.63, 3.8) is 0 Å². The maximum absolute atomic E-state index is 11.3. The molecule has 0 aliphatic heterocycles. The summed E-state index contributed by atoms with van der Waals surface area (Å²) in [6.07, 6.45) is -1.05. The second-order valence-corrected chi connectivity index (χ2v) is 5.86. The molecule has 1 aromatic carbocycles. The Morgan fingerprint density at radius 3 is 2.35 bits per heavy atom. The highest BCUT2D eigenvalue weighted by molar-refractivity contribution is 6.32. The third-order valence-electron chi connectivity index (χ3n) is 2.76. The number of halogens is 1. The Morgan fingerprint density at radius 1 is 1.35 bits per heavy atom. The predicted octanol–water partition coefficient (Wildman–Crippen LogP) is 2.72. The van der Waals surface area contributed by atoms with Crippen molar-refractivity contribution in [2.45, 2.75) is 33.5 Å². The fraction of sp³-hybridized carbons (Fsp3) is 0.500. The second kappa shape index (κ2) is 6.33. The van der Waals surface area contributed by atoms with Crippen LogP contribution in [0.5, 0.6) is 11.5 Å². The summed E-state index contributed by atoms with van der Waals surface area (Å²) < 4.78 is 10.6. The molecule has 2 N–H and O–H groups in total. The number of hydrogen-bond acceptors (Lipinski definition) is 4. The lowest BCUT2D eigenvalue weighted by molar-refractivity contribution is -0.150. The van der Waals surface area contributed by atoms with Crippen molar-refractivity contribution in [2.75, 3.05) is 7.11 Å². The van der Waals surface area contributed by atoms with Crippen molar-refractivity contribution >= 4 is 17.6 Å². The van der Waals surface area contributed by atoms with E-state index in [2.05, 4.69) is 0 Å². The molecule has 0 radical (unpaired) electrons. The lowest BCUT2D eigenvalue weighted by Gasteiger charge is -2.28. The highest BCUT2D eigenvalue weighted by Crippen LogP contribution is 2.35. The van der Waals surface area contributed by atoms with Gasteiger partial charge in [-0.2, -0.15) is 0 Å². The molecule has 0 saturated carbocycles. The molecule has 1 rings (SSSR count). The quantitative estimate of drug-likeness (QED) is 0.874. The first-order valence-corrected chi connectivity index (χ1v) is 6.45. The van der Waals surface area contributed by atoms with Crippen LogP contribution in [0.15, 0.2) is 12.1 Å². The zero-order valence-corrected chi connectivity index (χ0v) is 12.7. The van der Waals surface area contributed by atoms with Crippen LogP contribution in [-0.2, 0) is 11.4 Å². The zero-order valence-electron chi connectivity index (χ0n) is 11.9. The van der Waals surface area contributed by atoms with E-state index in [1.54, 1.807) is 20.8 Å². The molecule has 112 valence electrons. The van der Waals surface area contributed by atoms with Crippen LogP contribution in [0.3, 0.4) is 0 Å². The largest absolute Gasteiger partial charge is 0.496 e. The molecule has 0 saturated heterocycles. The van der Waals surface area contributed by atoms with E-state index in [1.807, 2.05) is 0 Å². The lowest BCUT2D eigenvalue weighted by Crippen LogP contribution is -2.39. The molecule has 1 unspecified atom stereocenters. The normalized spacial score (nSPS) is 12.9. The van der Waals surface area contributed by atoms with Gasteiger partial charge in [-0.25, -0.2) is 4.79 Å². The van der Waals surface area contributed by atoms with Crippen LogP contribution in [0.1, 0.15) is 26.3 Å². The Labute approximate surface area is 123 Å². The van der Waals surface area contributed by atoms with E-state index >= 15 is 0 Å². The molecule has 0 spiro atoms. The average Bonchev–Trinajstić information content (AvgIpc) is 2.34. The number of benzene rings is 1. The van der Waals surface area contributed by atoms with E-state index < -0.39 is 17.5 Å². The summed E-state index contributed by atoms with van der Waals surface area (Å²) >= 11 is 6.05. The monoisotopic (exact) mass is 302 g/mol. The topological polar surface area (TPSA) is 76.0 Å². The molecule has 0 aliphatic carbocycles. The number of methoxy groups -OCH3 is 1. The van der Waals surface area contributed by atoms with Gasteiger partial charge in [0.05, 0.1) is 18.7 Å². The van der Waals surface area contributed by atoms with Crippen molar-refractivity contribution in [3.05, 3.63) is 22.7 Å². The van der Waals surface area contributed by atoms with Gasteiger partial charge >= 0.3 is 5.97 Å². The molecule has 20 heavy (non-hydrogen) atoms. The number of aliphatic hydroxyl groups is 1. The number of hydrogen-bond donors (Lipinski definition) is 2. The number of carboxylic acid groups (broad SMARTS) is 1. The molecule has 0 fully saturated rings. The zero-order chi connectivity index (χ0) is 15.5. The molecule has 6 heteroatoms. The molecule has 1 aromatic rings. The average molecular weight is 303 g/mol. The van der Waals surface area contributed by atoms with E-state index in [9.17, 15) is 15.0 Å². The van der Waals surface area contributed by atoms with Crippen molar-refractivity contribution in [2.24, 2.45) is 5.41 Å². The fourth-order valence-corrected chi connectivity index (χ4v) is 1.94. The van der Waals surface area contributed by atoms with Gasteiger partial charge in [0.2, 0.25) is 0 Å². The minimum Gasteiger partial charge on any atom is -0.496 e. The maximum atomic E-state index is 11.3. The first kappa shape index (κ1) is 16.6. The SMILES string of the molecule is COc1cc(OC(C(=O)O)C(C)(C)C)c(Cl)cc1CO. The predicted molar refractivity (Wildman–Crippen MR) is 75.4 cm³/mol. The summed E-state index contributed by atoms with van der Waals surface area (Å²) in [4.78, 5) is 11.3. The Morgan fingerprint density at radius 2 is 1.95 bits per heavy atom. The van der Waals surface area contributed by atoms with Crippen LogP contribution in [-0.4, -0.2) is 29.4 Å². The van der Waals surface area contributed by atoms with Crippen LogP contribution in [0.2, 0.25) is 5.02 Å². The molecule has 0 aliphatic rings. The number of aliphatic hydroxyl groups excluding tert-OH is 1. The van der Waals surface area contributed by atoms with E-state index in [-0.39, 0.29) is 17.4 Å². The molecule has 0 heterocycles. The smallest absolute Gasteiger partial charge is 0.345 e. The Balaban J connectivity index is 3.17. The summed E-state index contributed by atoms with van der Waals surface area (Å²) in [6.45, 7) is 5.06. The minimum absolute atomic E-state index is 0.211. The van der Waals surface area contributed by atoms with Gasteiger partial charge in [-0.05, 0) is 6.07 Å². The van der Waals surface area contributed by atoms with Crippen molar-refractivity contribution in [1.82, 2.24) is 0 Å². The highest BCUT2D eigenvalue weighted by Gasteiger charge is 2.34. The second-order valence-electron chi connectivity index (χ2n) is 5.45. The van der Waals surface area contributed by atoms with Crippen LogP contribution in [0.4, 0.5) is 0 Å². The third-order valence-corrected chi connectivity index (χ3v) is 3.06. The Hall–Kier alpha value is -1.46. The molecule has 1 atom stereocenters. The van der Waals surface area contributed by atoms with E-state index in [0.29, 0.717) is 11.3 Å². The molecule has 0 aromatic heterocycles. The van der Waals surface area contributed by atoms with E-state index in [0.717, 1.165) is 0 Å². The van der Waals surface area contributed by atoms with Crippen LogP contribution < -0.4 is 9.47 Å². The number of aliphatic carboxylic acids is 1. The number of ether oxygens (including phenoxy) is 2. The number of rotatable bonds is 5. The summed E-state index contributed by atoms with van der Waals surface area (Å²) in [5.74, 6) is -0.466. The molecule has 0 amide bonds. The van der Waals surface area contributed by atoms with Gasteiger partial charge in [-0.3, -0.25) is 0 Å². The molecular formula is C14H19ClO5. The summed E-state index contributed by atoms with van der Waals surface area (Å²) in [7, 11) is 1.45. The van der Waals surface area contributed by atoms with Gasteiger partial charge in [-0.15, -0.1) is 0 Å². The molecular weight excluding hydrogens is 284 g/mol. The fourth-order valence-electron chi connectivity index (χ4n) is 1.70. The number of carboxylic acids is 1. The molecule has 0 bridgehead atoms. The third kappa shape index (κ3) is 3.77. The maximum Gasteiger partial charge on any atom is 0.345 e. The molecule has 5 nitrogen and oxygen atoms in total. The summed E-state index contributed by atoms with van der Waals surface area (Å²) in [6, 6.07) is 2.98. The van der Waals surface area contributed by atoms with Crippen LogP contribution >= 0.6 is 11.6 Å². The van der Waals surface area contributed by atoms with Gasteiger partial charge in [-0.1, -0.05) is 32.4 Å². The van der Waals surface area contributed by atoms with E-state index in [4.69, 9.17) is 21.1 Å². The van der Waals surface area contributed by atoms with Crippen LogP contribution in [0.25, 0.3) is 0 Å². The Bertz CT molecular complexity index is 493. The minimum atomic E-state index is -1.07. The lowest BCUT2D eigenvalue weighted by atomic mass is 9.89. The first-order valence-electron chi connectivity index (χ1n) is 6.07. The van der Waals surface area contributed by atoms with Crippen molar-refractivity contribution in [1.29, 1.82) is 0 Å². The van der Waals surface area contributed by atoms with Gasteiger partial charge in [0.25, 0.3) is 0 Å². The van der Waals surface area contributed by atoms with Gasteiger partial charge < -0.3 is 19.7 Å². The Kier molecular flexibility index (Phi) is 5.25. The number of carbonyl (C=O) groups is 1. The first-order chi connectivity index (χ1) is 9.20. The van der Waals surface area contributed by atoms with Crippen LogP contribution in [0, 0.1) is 5.41 Å². The van der Waals surface area contributed by atoms with E-state index in [1.165, 1.54) is 19.2 Å².